The lowest BCUT2D eigenvalue weighted by atomic mass is 10.1. The summed E-state index contributed by atoms with van der Waals surface area (Å²) in [4.78, 5) is 23.8. The summed E-state index contributed by atoms with van der Waals surface area (Å²) in [6.45, 7) is 1.62. The van der Waals surface area contributed by atoms with E-state index in [2.05, 4.69) is 17.4 Å². The van der Waals surface area contributed by atoms with Gasteiger partial charge in [-0.2, -0.15) is 0 Å². The summed E-state index contributed by atoms with van der Waals surface area (Å²) in [6, 6.07) is 14.9. The number of hydrogen-bond donors (Lipinski definition) is 1. The lowest BCUT2D eigenvalue weighted by molar-refractivity contribution is -0.148. The highest BCUT2D eigenvalue weighted by molar-refractivity contribution is 6.35. The molecule has 1 atom stereocenters. The number of benzene rings is 2. The van der Waals surface area contributed by atoms with Crippen molar-refractivity contribution < 1.29 is 14.3 Å². The fourth-order valence-corrected chi connectivity index (χ4v) is 2.91. The smallest absolute Gasteiger partial charge is 0.310 e. The molecule has 0 bridgehead atoms. The molecule has 138 valence electrons. The highest BCUT2D eigenvalue weighted by Gasteiger charge is 2.13. The minimum Gasteiger partial charge on any atom is -0.455 e. The Bertz CT molecular complexity index is 750. The normalized spacial score (nSPS) is 11.7. The number of amides is 1. The van der Waals surface area contributed by atoms with E-state index in [1.165, 1.54) is 5.56 Å². The number of hydrogen-bond acceptors (Lipinski definition) is 3. The predicted molar refractivity (Wildman–Crippen MR) is 103 cm³/mol. The molecule has 4 nitrogen and oxygen atoms in total. The molecule has 0 aliphatic carbocycles. The topological polar surface area (TPSA) is 55.4 Å². The van der Waals surface area contributed by atoms with Gasteiger partial charge in [-0.3, -0.25) is 9.59 Å². The molecule has 1 N–H and O–H groups in total. The summed E-state index contributed by atoms with van der Waals surface area (Å²) < 4.78 is 5.01. The van der Waals surface area contributed by atoms with Gasteiger partial charge in [0.05, 0.1) is 6.42 Å². The van der Waals surface area contributed by atoms with E-state index in [9.17, 15) is 9.59 Å². The zero-order valence-corrected chi connectivity index (χ0v) is 16.0. The molecular weight excluding hydrogens is 373 g/mol. The van der Waals surface area contributed by atoms with Crippen LogP contribution in [0.5, 0.6) is 0 Å². The van der Waals surface area contributed by atoms with Crippen molar-refractivity contribution in [1.82, 2.24) is 5.32 Å². The largest absolute Gasteiger partial charge is 0.455 e. The van der Waals surface area contributed by atoms with E-state index >= 15 is 0 Å². The highest BCUT2D eigenvalue weighted by Crippen LogP contribution is 2.21. The SMILES string of the molecule is CC(CCc1ccccc1)NC(=O)COC(=O)Cc1ccc(Cl)cc1Cl. The summed E-state index contributed by atoms with van der Waals surface area (Å²) in [6.07, 6.45) is 1.67. The zero-order chi connectivity index (χ0) is 18.9. The first kappa shape index (κ1) is 20.3. The lowest BCUT2D eigenvalue weighted by Gasteiger charge is -2.14. The Morgan fingerprint density at radius 2 is 1.85 bits per heavy atom. The molecule has 0 aliphatic rings. The third-order valence-electron chi connectivity index (χ3n) is 3.83. The molecule has 0 fully saturated rings. The first-order chi connectivity index (χ1) is 12.4. The Morgan fingerprint density at radius 1 is 1.12 bits per heavy atom. The summed E-state index contributed by atoms with van der Waals surface area (Å²) in [5, 5.41) is 3.72. The van der Waals surface area contributed by atoms with Gasteiger partial charge in [0.25, 0.3) is 5.91 Å². The summed E-state index contributed by atoms with van der Waals surface area (Å²) in [7, 11) is 0. The van der Waals surface area contributed by atoms with Gasteiger partial charge in [0.15, 0.2) is 6.61 Å². The van der Waals surface area contributed by atoms with Crippen LogP contribution in [0.25, 0.3) is 0 Å². The molecule has 0 aromatic heterocycles. The van der Waals surface area contributed by atoms with Crippen LogP contribution in [0, 0.1) is 0 Å². The van der Waals surface area contributed by atoms with Gasteiger partial charge in [0, 0.05) is 16.1 Å². The number of rotatable bonds is 8. The van der Waals surface area contributed by atoms with Crippen molar-refractivity contribution in [2.45, 2.75) is 32.2 Å². The number of esters is 1. The van der Waals surface area contributed by atoms with Gasteiger partial charge in [-0.15, -0.1) is 0 Å². The Morgan fingerprint density at radius 3 is 2.54 bits per heavy atom. The van der Waals surface area contributed by atoms with Gasteiger partial charge in [-0.05, 0) is 43.0 Å². The zero-order valence-electron chi connectivity index (χ0n) is 14.5. The maximum atomic E-state index is 11.9. The van der Waals surface area contributed by atoms with Gasteiger partial charge < -0.3 is 10.1 Å². The van der Waals surface area contributed by atoms with Gasteiger partial charge in [-0.1, -0.05) is 59.6 Å². The van der Waals surface area contributed by atoms with Crippen LogP contribution in [0.3, 0.4) is 0 Å². The molecule has 1 amide bonds. The van der Waals surface area contributed by atoms with Crippen molar-refractivity contribution in [2.24, 2.45) is 0 Å². The molecule has 26 heavy (non-hydrogen) atoms. The second-order valence-electron chi connectivity index (χ2n) is 6.07. The van der Waals surface area contributed by atoms with Crippen molar-refractivity contribution in [1.29, 1.82) is 0 Å². The molecular formula is C20H21Cl2NO3. The molecule has 6 heteroatoms. The summed E-state index contributed by atoms with van der Waals surface area (Å²) >= 11 is 11.8. The fourth-order valence-electron chi connectivity index (χ4n) is 2.43. The first-order valence-corrected chi connectivity index (χ1v) is 9.12. The number of aryl methyl sites for hydroxylation is 1. The van der Waals surface area contributed by atoms with Crippen LogP contribution < -0.4 is 5.32 Å². The van der Waals surface area contributed by atoms with E-state index < -0.39 is 5.97 Å². The Kier molecular flexibility index (Phi) is 7.95. The van der Waals surface area contributed by atoms with Gasteiger partial charge in [0.1, 0.15) is 0 Å². The minimum absolute atomic E-state index is 0.00710. The van der Waals surface area contributed by atoms with Crippen LogP contribution in [-0.2, 0) is 27.2 Å². The fraction of sp³-hybridized carbons (Fsp3) is 0.300. The summed E-state index contributed by atoms with van der Waals surface area (Å²) in [5.74, 6) is -0.831. The highest BCUT2D eigenvalue weighted by atomic mass is 35.5. The van der Waals surface area contributed by atoms with E-state index in [0.29, 0.717) is 15.6 Å². The van der Waals surface area contributed by atoms with Crippen LogP contribution in [-0.4, -0.2) is 24.5 Å². The van der Waals surface area contributed by atoms with Crippen molar-refractivity contribution in [3.05, 3.63) is 69.7 Å². The number of ether oxygens (including phenoxy) is 1. The Hall–Kier alpha value is -2.04. The van der Waals surface area contributed by atoms with E-state index in [-0.39, 0.29) is 25.0 Å². The van der Waals surface area contributed by atoms with E-state index in [4.69, 9.17) is 27.9 Å². The standard InChI is InChI=1S/C20H21Cl2NO3/c1-14(7-8-15-5-3-2-4-6-15)23-19(24)13-26-20(25)11-16-9-10-17(21)12-18(16)22/h2-6,9-10,12,14H,7-8,11,13H2,1H3,(H,23,24). The molecule has 0 radical (unpaired) electrons. The number of nitrogens with one attached hydrogen (secondary N) is 1. The van der Waals surface area contributed by atoms with E-state index in [1.54, 1.807) is 18.2 Å². The molecule has 0 heterocycles. The second-order valence-corrected chi connectivity index (χ2v) is 6.91. The molecule has 0 saturated carbocycles. The maximum Gasteiger partial charge on any atom is 0.310 e. The van der Waals surface area contributed by atoms with Crippen LogP contribution in [0.4, 0.5) is 0 Å². The van der Waals surface area contributed by atoms with E-state index in [0.717, 1.165) is 12.8 Å². The van der Waals surface area contributed by atoms with Crippen LogP contribution >= 0.6 is 23.2 Å². The number of carbonyl (C=O) groups is 2. The van der Waals surface area contributed by atoms with E-state index in [1.807, 2.05) is 25.1 Å². The predicted octanol–water partition coefficient (Wildman–Crippen LogP) is 4.22. The Balaban J connectivity index is 1.69. The third kappa shape index (κ3) is 7.06. The van der Waals surface area contributed by atoms with Gasteiger partial charge >= 0.3 is 5.97 Å². The van der Waals surface area contributed by atoms with Crippen LogP contribution in [0.2, 0.25) is 10.0 Å². The second kappa shape index (κ2) is 10.2. The van der Waals surface area contributed by atoms with Crippen molar-refractivity contribution in [3.8, 4) is 0 Å². The number of halogens is 2. The minimum atomic E-state index is -0.513. The molecule has 0 aliphatic heterocycles. The van der Waals surface area contributed by atoms with Crippen LogP contribution in [0.1, 0.15) is 24.5 Å². The lowest BCUT2D eigenvalue weighted by Crippen LogP contribution is -2.36. The molecule has 1 unspecified atom stereocenters. The molecule has 0 saturated heterocycles. The average molecular weight is 394 g/mol. The molecule has 2 aromatic rings. The van der Waals surface area contributed by atoms with Crippen molar-refractivity contribution in [3.63, 3.8) is 0 Å². The molecule has 2 rings (SSSR count). The number of carbonyl (C=O) groups excluding carboxylic acids is 2. The van der Waals surface area contributed by atoms with Gasteiger partial charge in [-0.25, -0.2) is 0 Å². The van der Waals surface area contributed by atoms with Crippen LogP contribution in [0.15, 0.2) is 48.5 Å². The monoisotopic (exact) mass is 393 g/mol. The molecule has 0 spiro atoms. The Labute approximate surface area is 163 Å². The molecule has 2 aromatic carbocycles. The first-order valence-electron chi connectivity index (χ1n) is 8.37. The van der Waals surface area contributed by atoms with Gasteiger partial charge in [0.2, 0.25) is 0 Å². The van der Waals surface area contributed by atoms with Crippen molar-refractivity contribution >= 4 is 35.1 Å². The average Bonchev–Trinajstić information content (AvgIpc) is 2.61. The quantitative estimate of drug-likeness (QED) is 0.683. The maximum absolute atomic E-state index is 11.9. The van der Waals surface area contributed by atoms with Crippen molar-refractivity contribution in [2.75, 3.05) is 6.61 Å². The summed E-state index contributed by atoms with van der Waals surface area (Å²) in [5.41, 5.74) is 1.83. The third-order valence-corrected chi connectivity index (χ3v) is 4.42.